The van der Waals surface area contributed by atoms with Gasteiger partial charge in [0, 0.05) is 18.8 Å². The molecule has 0 aliphatic heterocycles. The van der Waals surface area contributed by atoms with Crippen molar-refractivity contribution in [1.29, 1.82) is 0 Å². The normalized spacial score (nSPS) is 12.1. The first-order chi connectivity index (χ1) is 9.04. The summed E-state index contributed by atoms with van der Waals surface area (Å²) in [6, 6.07) is -1.03. The first kappa shape index (κ1) is 15.6. The van der Waals surface area contributed by atoms with Crippen molar-refractivity contribution in [3.63, 3.8) is 0 Å². The summed E-state index contributed by atoms with van der Waals surface area (Å²) in [5.74, 6) is -0.157. The number of aliphatic carboxylic acids is 1. The molecule has 0 bridgehead atoms. The number of hydrogen-bond acceptors (Lipinski definition) is 4. The highest BCUT2D eigenvalue weighted by Crippen LogP contribution is 2.12. The summed E-state index contributed by atoms with van der Waals surface area (Å²) in [7, 11) is 1.70. The molecule has 1 rings (SSSR count). The van der Waals surface area contributed by atoms with E-state index < -0.39 is 12.0 Å². The van der Waals surface area contributed by atoms with Crippen LogP contribution in [-0.2, 0) is 16.6 Å². The van der Waals surface area contributed by atoms with Gasteiger partial charge >= 0.3 is 5.97 Å². The largest absolute Gasteiger partial charge is 0.479 e. The number of aryl methyl sites for hydroxylation is 1. The monoisotopic (exact) mass is 285 g/mol. The molecule has 1 aromatic rings. The molecule has 0 aliphatic carbocycles. The van der Waals surface area contributed by atoms with Gasteiger partial charge in [0.25, 0.3) is 0 Å². The average Bonchev–Trinajstić information content (AvgIpc) is 2.78. The lowest BCUT2D eigenvalue weighted by molar-refractivity contribution is -0.141. The number of amides is 1. The van der Waals surface area contributed by atoms with Crippen LogP contribution in [0.4, 0.5) is 0 Å². The van der Waals surface area contributed by atoms with E-state index in [1.54, 1.807) is 13.2 Å². The highest BCUT2D eigenvalue weighted by molar-refractivity contribution is 7.99. The Balaban J connectivity index is 2.50. The van der Waals surface area contributed by atoms with E-state index in [1.165, 1.54) is 22.6 Å². The van der Waals surface area contributed by atoms with Crippen LogP contribution in [0.1, 0.15) is 31.4 Å². The van der Waals surface area contributed by atoms with E-state index in [-0.39, 0.29) is 11.7 Å². The second-order valence-electron chi connectivity index (χ2n) is 4.19. The van der Waals surface area contributed by atoms with E-state index >= 15 is 0 Å². The zero-order valence-corrected chi connectivity index (χ0v) is 11.9. The Bertz CT molecular complexity index is 434. The number of thioether (sulfide) groups is 1. The first-order valence-corrected chi connectivity index (χ1v) is 7.28. The zero-order chi connectivity index (χ0) is 14.3. The van der Waals surface area contributed by atoms with Crippen LogP contribution in [0.3, 0.4) is 0 Å². The summed E-state index contributed by atoms with van der Waals surface area (Å²) in [6.45, 7) is 2.09. The van der Waals surface area contributed by atoms with Crippen molar-refractivity contribution >= 4 is 23.6 Å². The molecule has 1 heterocycles. The lowest BCUT2D eigenvalue weighted by atomic mass is 10.1. The summed E-state index contributed by atoms with van der Waals surface area (Å²) >= 11 is 1.51. The molecule has 19 heavy (non-hydrogen) atoms. The van der Waals surface area contributed by atoms with E-state index in [0.717, 1.165) is 18.6 Å². The molecule has 1 aromatic heterocycles. The summed E-state index contributed by atoms with van der Waals surface area (Å²) in [5.41, 5.74) is 0.474. The highest BCUT2D eigenvalue weighted by atomic mass is 32.2. The van der Waals surface area contributed by atoms with Crippen LogP contribution in [0.5, 0.6) is 0 Å². The third-order valence-corrected chi connectivity index (χ3v) is 3.53. The molecule has 1 amide bonds. The highest BCUT2D eigenvalue weighted by Gasteiger charge is 2.23. The minimum Gasteiger partial charge on any atom is -0.479 e. The third kappa shape index (κ3) is 5.34. The molecule has 1 unspecified atom stereocenters. The Morgan fingerprint density at radius 1 is 1.58 bits per heavy atom. The van der Waals surface area contributed by atoms with Crippen LogP contribution < -0.4 is 5.32 Å². The molecule has 1 atom stereocenters. The van der Waals surface area contributed by atoms with Gasteiger partial charge in [-0.05, 0) is 12.2 Å². The van der Waals surface area contributed by atoms with Crippen LogP contribution in [-0.4, -0.2) is 38.3 Å². The number of hydrogen-bond donors (Lipinski definition) is 2. The van der Waals surface area contributed by atoms with E-state index in [9.17, 15) is 9.59 Å². The van der Waals surface area contributed by atoms with Crippen LogP contribution in [0.15, 0.2) is 12.4 Å². The van der Waals surface area contributed by atoms with Crippen LogP contribution in [0.25, 0.3) is 0 Å². The quantitative estimate of drug-likeness (QED) is 0.701. The minimum atomic E-state index is -1.08. The molecule has 0 saturated heterocycles. The zero-order valence-electron chi connectivity index (χ0n) is 11.1. The maximum atomic E-state index is 11.7. The van der Waals surface area contributed by atoms with Gasteiger partial charge in [0.05, 0.1) is 11.9 Å². The maximum absolute atomic E-state index is 11.7. The predicted octanol–water partition coefficient (Wildman–Crippen LogP) is 1.20. The fraction of sp³-hybridized carbons (Fsp3) is 0.583. The molecule has 0 spiro atoms. The number of nitrogens with one attached hydrogen (secondary N) is 1. The molecule has 0 aromatic carbocycles. The second-order valence-corrected chi connectivity index (χ2v) is 5.30. The van der Waals surface area contributed by atoms with Crippen LogP contribution in [0.2, 0.25) is 0 Å². The number of carbonyl (C=O) groups excluding carboxylic acids is 1. The van der Waals surface area contributed by atoms with E-state index in [0.29, 0.717) is 5.56 Å². The van der Waals surface area contributed by atoms with Crippen molar-refractivity contribution in [2.75, 3.05) is 11.5 Å². The van der Waals surface area contributed by atoms with E-state index in [4.69, 9.17) is 5.11 Å². The number of nitrogens with zero attached hydrogens (tertiary/aromatic N) is 2. The first-order valence-electron chi connectivity index (χ1n) is 6.13. The van der Waals surface area contributed by atoms with Crippen molar-refractivity contribution < 1.29 is 14.7 Å². The number of unbranched alkanes of at least 4 members (excludes halogenated alkanes) is 1. The Hall–Kier alpha value is -1.50. The molecule has 0 saturated carbocycles. The van der Waals surface area contributed by atoms with Gasteiger partial charge in [-0.2, -0.15) is 16.9 Å². The minimum absolute atomic E-state index is 0.266. The van der Waals surface area contributed by atoms with Gasteiger partial charge < -0.3 is 10.4 Å². The summed E-state index contributed by atoms with van der Waals surface area (Å²) in [4.78, 5) is 22.8. The molecule has 7 heteroatoms. The lowest BCUT2D eigenvalue weighted by Gasteiger charge is -2.12. The molecule has 106 valence electrons. The smallest absolute Gasteiger partial charge is 0.331 e. The SMILES string of the molecule is CCCCSCC(=O)NC(C(=O)O)c1cnn(C)c1. The van der Waals surface area contributed by atoms with E-state index in [1.807, 2.05) is 0 Å². The predicted molar refractivity (Wildman–Crippen MR) is 74.0 cm³/mol. The van der Waals surface area contributed by atoms with Crippen molar-refractivity contribution in [2.45, 2.75) is 25.8 Å². The summed E-state index contributed by atoms with van der Waals surface area (Å²) in [6.07, 6.45) is 5.18. The molecule has 0 fully saturated rings. The fourth-order valence-electron chi connectivity index (χ4n) is 1.49. The third-order valence-electron chi connectivity index (χ3n) is 2.49. The van der Waals surface area contributed by atoms with Crippen molar-refractivity contribution in [3.8, 4) is 0 Å². The standard InChI is InChI=1S/C12H19N3O3S/c1-3-4-5-19-8-10(16)14-11(12(17)18)9-6-13-15(2)7-9/h6-7,11H,3-5,8H2,1-2H3,(H,14,16)(H,17,18). The van der Waals surface area contributed by atoms with Gasteiger partial charge in [-0.3, -0.25) is 9.48 Å². The summed E-state index contributed by atoms with van der Waals surface area (Å²) in [5, 5.41) is 15.6. The Labute approximate surface area is 116 Å². The van der Waals surface area contributed by atoms with Crippen LogP contribution >= 0.6 is 11.8 Å². The number of rotatable bonds is 8. The number of carboxylic acids is 1. The molecular formula is C12H19N3O3S. The van der Waals surface area contributed by atoms with Crippen molar-refractivity contribution in [2.24, 2.45) is 7.05 Å². The van der Waals surface area contributed by atoms with Gasteiger partial charge in [0.2, 0.25) is 5.91 Å². The molecule has 0 radical (unpaired) electrons. The van der Waals surface area contributed by atoms with Gasteiger partial charge in [-0.15, -0.1) is 0 Å². The van der Waals surface area contributed by atoms with Crippen molar-refractivity contribution in [3.05, 3.63) is 18.0 Å². The molecule has 6 nitrogen and oxygen atoms in total. The van der Waals surface area contributed by atoms with Gasteiger partial charge in [0.15, 0.2) is 6.04 Å². The lowest BCUT2D eigenvalue weighted by Crippen LogP contribution is -2.34. The Morgan fingerprint density at radius 2 is 2.32 bits per heavy atom. The van der Waals surface area contributed by atoms with Gasteiger partial charge in [0.1, 0.15) is 0 Å². The molecule has 0 aliphatic rings. The van der Waals surface area contributed by atoms with Gasteiger partial charge in [-0.25, -0.2) is 4.79 Å². The number of carboxylic acid groups (broad SMARTS) is 1. The summed E-state index contributed by atoms with van der Waals surface area (Å²) < 4.78 is 1.51. The Morgan fingerprint density at radius 3 is 2.84 bits per heavy atom. The van der Waals surface area contributed by atoms with Gasteiger partial charge in [-0.1, -0.05) is 13.3 Å². The maximum Gasteiger partial charge on any atom is 0.331 e. The molecular weight excluding hydrogens is 266 g/mol. The second kappa shape index (κ2) is 7.83. The van der Waals surface area contributed by atoms with E-state index in [2.05, 4.69) is 17.3 Å². The van der Waals surface area contributed by atoms with Crippen LogP contribution in [0, 0.1) is 0 Å². The van der Waals surface area contributed by atoms with Crippen molar-refractivity contribution in [1.82, 2.24) is 15.1 Å². The molecule has 2 N–H and O–H groups in total. The number of aromatic nitrogens is 2. The topological polar surface area (TPSA) is 84.2 Å². The number of carbonyl (C=O) groups is 2. The average molecular weight is 285 g/mol. The Kier molecular flexibility index (Phi) is 6.41. The fourth-order valence-corrected chi connectivity index (χ4v) is 2.40.